The molecule has 0 bridgehead atoms. The van der Waals surface area contributed by atoms with Gasteiger partial charge in [0.05, 0.1) is 7.11 Å². The minimum Gasteiger partial charge on any atom is -0.467 e. The van der Waals surface area contributed by atoms with Crippen LogP contribution in [0, 0.1) is 0 Å². The van der Waals surface area contributed by atoms with E-state index in [0.717, 1.165) is 12.0 Å². The molecule has 0 saturated carbocycles. The summed E-state index contributed by atoms with van der Waals surface area (Å²) in [7, 11) is 1.35. The summed E-state index contributed by atoms with van der Waals surface area (Å²) in [6.45, 7) is 1.06. The van der Waals surface area contributed by atoms with Gasteiger partial charge in [0.25, 0.3) is 0 Å². The van der Waals surface area contributed by atoms with Crippen LogP contribution in [0.25, 0.3) is 0 Å². The second kappa shape index (κ2) is 6.22. The van der Waals surface area contributed by atoms with E-state index in [2.05, 4.69) is 5.32 Å². The van der Waals surface area contributed by atoms with Crippen molar-refractivity contribution in [1.29, 1.82) is 0 Å². The predicted molar refractivity (Wildman–Crippen MR) is 70.4 cm³/mol. The molecule has 0 aliphatic carbocycles. The molecule has 0 unspecified atom stereocenters. The Kier molecular flexibility index (Phi) is 4.39. The molecule has 1 aliphatic heterocycles. The minimum absolute atomic E-state index is 0.211. The Morgan fingerprint density at radius 1 is 1.37 bits per heavy atom. The Hall–Kier alpha value is -2.04. The van der Waals surface area contributed by atoms with Crippen molar-refractivity contribution in [2.24, 2.45) is 0 Å². The van der Waals surface area contributed by atoms with E-state index in [1.54, 1.807) is 4.90 Å². The number of hydrogen-bond donors (Lipinski definition) is 1. The first-order valence-corrected chi connectivity index (χ1v) is 6.38. The number of carbonyl (C=O) groups excluding carboxylic acids is 2. The molecule has 19 heavy (non-hydrogen) atoms. The first-order valence-electron chi connectivity index (χ1n) is 6.38. The largest absolute Gasteiger partial charge is 0.467 e. The zero-order chi connectivity index (χ0) is 13.7. The highest BCUT2D eigenvalue weighted by Gasteiger charge is 2.34. The molecule has 1 aromatic rings. The lowest BCUT2D eigenvalue weighted by atomic mass is 10.2. The molecule has 1 aromatic carbocycles. The monoisotopic (exact) mass is 262 g/mol. The minimum atomic E-state index is -0.444. The standard InChI is InChI=1S/C14H18N2O3/c1-19-13(17)12-8-5-9-16(12)14(18)15-10-11-6-3-2-4-7-11/h2-4,6-7,12H,5,8-10H2,1H3,(H,15,18)/t12-/m1/s1. The second-order valence-corrected chi connectivity index (χ2v) is 4.52. The highest BCUT2D eigenvalue weighted by Crippen LogP contribution is 2.18. The van der Waals surface area contributed by atoms with Crippen molar-refractivity contribution >= 4 is 12.0 Å². The van der Waals surface area contributed by atoms with Gasteiger partial charge in [0.15, 0.2) is 0 Å². The zero-order valence-electron chi connectivity index (χ0n) is 11.0. The Labute approximate surface area is 112 Å². The van der Waals surface area contributed by atoms with Crippen molar-refractivity contribution in [2.75, 3.05) is 13.7 Å². The van der Waals surface area contributed by atoms with Crippen LogP contribution in [0.15, 0.2) is 30.3 Å². The second-order valence-electron chi connectivity index (χ2n) is 4.52. The van der Waals surface area contributed by atoms with E-state index in [9.17, 15) is 9.59 Å². The molecule has 102 valence electrons. The maximum atomic E-state index is 12.1. The van der Waals surface area contributed by atoms with E-state index in [-0.39, 0.29) is 12.0 Å². The Balaban J connectivity index is 1.90. The molecule has 5 nitrogen and oxygen atoms in total. The van der Waals surface area contributed by atoms with Gasteiger partial charge in [-0.3, -0.25) is 0 Å². The Bertz CT molecular complexity index is 447. The topological polar surface area (TPSA) is 58.6 Å². The Morgan fingerprint density at radius 3 is 2.79 bits per heavy atom. The molecule has 0 aromatic heterocycles. The SMILES string of the molecule is COC(=O)[C@H]1CCCN1C(=O)NCc1ccccc1. The molecule has 1 N–H and O–H groups in total. The number of hydrogen-bond acceptors (Lipinski definition) is 3. The van der Waals surface area contributed by atoms with E-state index in [1.807, 2.05) is 30.3 Å². The van der Waals surface area contributed by atoms with Gasteiger partial charge in [-0.05, 0) is 18.4 Å². The number of methoxy groups -OCH3 is 1. The summed E-state index contributed by atoms with van der Waals surface area (Å²) < 4.78 is 4.72. The molecular formula is C14H18N2O3. The number of benzene rings is 1. The van der Waals surface area contributed by atoms with Crippen LogP contribution in [-0.2, 0) is 16.1 Å². The van der Waals surface area contributed by atoms with Crippen LogP contribution in [-0.4, -0.2) is 36.6 Å². The normalized spacial score (nSPS) is 18.2. The van der Waals surface area contributed by atoms with Crippen molar-refractivity contribution < 1.29 is 14.3 Å². The lowest BCUT2D eigenvalue weighted by molar-refractivity contribution is -0.144. The number of nitrogens with one attached hydrogen (secondary N) is 1. The van der Waals surface area contributed by atoms with Gasteiger partial charge in [0.1, 0.15) is 6.04 Å². The van der Waals surface area contributed by atoms with Crippen LogP contribution < -0.4 is 5.32 Å². The molecule has 2 amide bonds. The third-order valence-corrected chi connectivity index (χ3v) is 3.27. The van der Waals surface area contributed by atoms with Crippen molar-refractivity contribution in [3.05, 3.63) is 35.9 Å². The first-order chi connectivity index (χ1) is 9.22. The van der Waals surface area contributed by atoms with Gasteiger partial charge in [-0.25, -0.2) is 9.59 Å². The Morgan fingerprint density at radius 2 is 2.11 bits per heavy atom. The maximum Gasteiger partial charge on any atom is 0.328 e. The van der Waals surface area contributed by atoms with E-state index in [0.29, 0.717) is 19.5 Å². The number of urea groups is 1. The highest BCUT2D eigenvalue weighted by molar-refractivity contribution is 5.84. The summed E-state index contributed by atoms with van der Waals surface area (Å²) in [6, 6.07) is 9.02. The predicted octanol–water partition coefficient (Wildman–Crippen LogP) is 1.53. The molecule has 1 fully saturated rings. The van der Waals surface area contributed by atoms with E-state index in [1.165, 1.54) is 7.11 Å². The third-order valence-electron chi connectivity index (χ3n) is 3.27. The summed E-state index contributed by atoms with van der Waals surface area (Å²) in [4.78, 5) is 25.2. The number of rotatable bonds is 3. The number of nitrogens with zero attached hydrogens (tertiary/aromatic N) is 1. The molecular weight excluding hydrogens is 244 g/mol. The van der Waals surface area contributed by atoms with Crippen LogP contribution in [0.5, 0.6) is 0 Å². The van der Waals surface area contributed by atoms with Crippen LogP contribution in [0.4, 0.5) is 4.79 Å². The smallest absolute Gasteiger partial charge is 0.328 e. The van der Waals surface area contributed by atoms with Crippen molar-refractivity contribution in [2.45, 2.75) is 25.4 Å². The van der Waals surface area contributed by atoms with Gasteiger partial charge >= 0.3 is 12.0 Å². The fourth-order valence-electron chi connectivity index (χ4n) is 2.27. The summed E-state index contributed by atoms with van der Waals surface area (Å²) in [5.74, 6) is -0.340. The molecule has 0 radical (unpaired) electrons. The molecule has 2 rings (SSSR count). The molecule has 1 heterocycles. The molecule has 0 spiro atoms. The van der Waals surface area contributed by atoms with Crippen LogP contribution in [0.1, 0.15) is 18.4 Å². The van der Waals surface area contributed by atoms with Gasteiger partial charge < -0.3 is 15.0 Å². The van der Waals surface area contributed by atoms with E-state index in [4.69, 9.17) is 4.74 Å². The summed E-state index contributed by atoms with van der Waals surface area (Å²) in [5, 5.41) is 2.83. The fraction of sp³-hybridized carbons (Fsp3) is 0.429. The highest BCUT2D eigenvalue weighted by atomic mass is 16.5. The maximum absolute atomic E-state index is 12.1. The lowest BCUT2D eigenvalue weighted by Gasteiger charge is -2.22. The summed E-state index contributed by atoms with van der Waals surface area (Å²) >= 11 is 0. The average Bonchev–Trinajstić information content (AvgIpc) is 2.94. The quantitative estimate of drug-likeness (QED) is 0.840. The van der Waals surface area contributed by atoms with Gasteiger partial charge in [-0.2, -0.15) is 0 Å². The number of carbonyl (C=O) groups is 2. The third kappa shape index (κ3) is 3.24. The van der Waals surface area contributed by atoms with Crippen LogP contribution in [0.2, 0.25) is 0 Å². The summed E-state index contributed by atoms with van der Waals surface area (Å²) in [5.41, 5.74) is 1.03. The number of likely N-dealkylation sites (tertiary alicyclic amines) is 1. The number of amides is 2. The molecule has 5 heteroatoms. The van der Waals surface area contributed by atoms with Crippen molar-refractivity contribution in [3.63, 3.8) is 0 Å². The van der Waals surface area contributed by atoms with Gasteiger partial charge in [0.2, 0.25) is 0 Å². The lowest BCUT2D eigenvalue weighted by Crippen LogP contribution is -2.46. The van der Waals surface area contributed by atoms with Crippen LogP contribution >= 0.6 is 0 Å². The fourth-order valence-corrected chi connectivity index (χ4v) is 2.27. The van der Waals surface area contributed by atoms with Gasteiger partial charge in [-0.15, -0.1) is 0 Å². The van der Waals surface area contributed by atoms with Gasteiger partial charge in [0, 0.05) is 13.1 Å². The molecule has 1 aliphatic rings. The zero-order valence-corrected chi connectivity index (χ0v) is 11.0. The van der Waals surface area contributed by atoms with E-state index < -0.39 is 6.04 Å². The van der Waals surface area contributed by atoms with Crippen LogP contribution in [0.3, 0.4) is 0 Å². The average molecular weight is 262 g/mol. The molecule has 1 atom stereocenters. The van der Waals surface area contributed by atoms with Gasteiger partial charge in [-0.1, -0.05) is 30.3 Å². The summed E-state index contributed by atoms with van der Waals surface area (Å²) in [6.07, 6.45) is 1.50. The number of esters is 1. The van der Waals surface area contributed by atoms with Crippen molar-refractivity contribution in [3.8, 4) is 0 Å². The number of ether oxygens (including phenoxy) is 1. The van der Waals surface area contributed by atoms with Crippen molar-refractivity contribution in [1.82, 2.24) is 10.2 Å². The molecule has 1 saturated heterocycles. The first kappa shape index (κ1) is 13.4. The van der Waals surface area contributed by atoms with E-state index >= 15 is 0 Å².